The summed E-state index contributed by atoms with van der Waals surface area (Å²) in [5, 5.41) is 6.98. The summed E-state index contributed by atoms with van der Waals surface area (Å²) in [4.78, 5) is 0. The van der Waals surface area contributed by atoms with Crippen LogP contribution in [0.3, 0.4) is 0 Å². The zero-order valence-electron chi connectivity index (χ0n) is 27.5. The average molecular weight is 629 g/mol. The largest absolute Gasteiger partial charge is 0.497 e. The van der Waals surface area contributed by atoms with E-state index in [0.717, 1.165) is 77.6 Å². The van der Waals surface area contributed by atoms with E-state index < -0.39 is 0 Å². The topological polar surface area (TPSA) is 36.9 Å². The Balaban J connectivity index is 1.82. The van der Waals surface area contributed by atoms with Gasteiger partial charge < -0.3 is 18.9 Å². The van der Waals surface area contributed by atoms with Crippen LogP contribution in [0.1, 0.15) is 22.3 Å². The minimum atomic E-state index is 0.806. The van der Waals surface area contributed by atoms with Gasteiger partial charge in [0.1, 0.15) is 23.0 Å². The molecule has 0 saturated heterocycles. The van der Waals surface area contributed by atoms with Crippen molar-refractivity contribution in [3.05, 3.63) is 178 Å². The summed E-state index contributed by atoms with van der Waals surface area (Å²) in [6.45, 7) is 0. The van der Waals surface area contributed by atoms with Gasteiger partial charge in [-0.3, -0.25) is 0 Å². The van der Waals surface area contributed by atoms with E-state index in [1.54, 1.807) is 28.4 Å². The molecule has 0 aliphatic heterocycles. The van der Waals surface area contributed by atoms with E-state index in [9.17, 15) is 0 Å². The van der Waals surface area contributed by atoms with Crippen molar-refractivity contribution in [1.29, 1.82) is 0 Å². The first-order valence-electron chi connectivity index (χ1n) is 15.9. The van der Waals surface area contributed by atoms with Crippen LogP contribution in [0, 0.1) is 0 Å². The van der Waals surface area contributed by atoms with E-state index in [-0.39, 0.29) is 0 Å². The molecule has 0 fully saturated rings. The quantitative estimate of drug-likeness (QED) is 0.158. The number of rotatable bonds is 8. The molecule has 48 heavy (non-hydrogen) atoms. The number of benzene rings is 7. The molecule has 4 nitrogen and oxygen atoms in total. The van der Waals surface area contributed by atoms with Crippen LogP contribution in [-0.4, -0.2) is 28.4 Å². The highest BCUT2D eigenvalue weighted by atomic mass is 16.5. The average Bonchev–Trinajstić information content (AvgIpc) is 3.17. The van der Waals surface area contributed by atoms with Gasteiger partial charge in [0.05, 0.1) is 28.4 Å². The van der Waals surface area contributed by atoms with Gasteiger partial charge in [0.2, 0.25) is 0 Å². The highest BCUT2D eigenvalue weighted by molar-refractivity contribution is 6.10. The van der Waals surface area contributed by atoms with E-state index in [1.165, 1.54) is 10.8 Å². The summed E-state index contributed by atoms with van der Waals surface area (Å²) < 4.78 is 22.3. The zero-order chi connectivity index (χ0) is 33.0. The third-order valence-electron chi connectivity index (χ3n) is 8.95. The maximum absolute atomic E-state index is 5.58. The molecule has 0 aliphatic carbocycles. The molecule has 236 valence electrons. The van der Waals surface area contributed by atoms with Gasteiger partial charge in [-0.2, -0.15) is 0 Å². The predicted molar refractivity (Wildman–Crippen MR) is 196 cm³/mol. The standard InChI is InChI=1S/C44H36O4/c1-45-33-21-13-29(14-22-33)41(30-15-23-34(46-2)24-16-30)43-39-11-7-5-9-37(39)38-10-6-8-12-40(38)44(43)42(31-17-25-35(47-3)26-18-31)32-19-27-36(48-4)28-20-32/h5-28H,1-4H3. The normalized spacial score (nSPS) is 10.9. The summed E-state index contributed by atoms with van der Waals surface area (Å²) in [5.74, 6) is 3.22. The van der Waals surface area contributed by atoms with Crippen molar-refractivity contribution in [2.24, 2.45) is 0 Å². The zero-order valence-corrected chi connectivity index (χ0v) is 27.5. The number of hydrogen-bond acceptors (Lipinski definition) is 4. The summed E-state index contributed by atoms with van der Waals surface area (Å²) in [6, 6.07) is 50.8. The van der Waals surface area contributed by atoms with Crippen LogP contribution < -0.4 is 29.4 Å². The third-order valence-corrected chi connectivity index (χ3v) is 8.95. The Hall–Kier alpha value is -6.00. The summed E-state index contributed by atoms with van der Waals surface area (Å²) in [6.07, 6.45) is 0. The molecule has 0 aromatic heterocycles. The second-order valence-electron chi connectivity index (χ2n) is 11.5. The number of fused-ring (bicyclic) bond motifs is 3. The lowest BCUT2D eigenvalue weighted by Gasteiger charge is -2.18. The fraction of sp³-hybridized carbons (Fsp3) is 0.0909. The number of ether oxygens (including phenoxy) is 4. The SMILES string of the molecule is COc1ccc(C(c2ccc(OC)cc2)=c2c(=C(c3ccc(OC)cc3)c3ccc(OC)cc3)c3ccccc3c3ccccc23)cc1. The minimum absolute atomic E-state index is 0.806. The third kappa shape index (κ3) is 5.62. The van der Waals surface area contributed by atoms with Gasteiger partial charge in [0.15, 0.2) is 0 Å². The van der Waals surface area contributed by atoms with Gasteiger partial charge in [0, 0.05) is 0 Å². The molecule has 0 N–H and O–H groups in total. The molecular weight excluding hydrogens is 592 g/mol. The van der Waals surface area contributed by atoms with Gasteiger partial charge in [-0.1, -0.05) is 97.1 Å². The lowest BCUT2D eigenvalue weighted by atomic mass is 9.85. The van der Waals surface area contributed by atoms with Gasteiger partial charge in [-0.25, -0.2) is 0 Å². The van der Waals surface area contributed by atoms with Crippen LogP contribution in [0.4, 0.5) is 0 Å². The van der Waals surface area contributed by atoms with Crippen LogP contribution in [0.2, 0.25) is 0 Å². The van der Waals surface area contributed by atoms with E-state index >= 15 is 0 Å². The van der Waals surface area contributed by atoms with Gasteiger partial charge in [0.25, 0.3) is 0 Å². The predicted octanol–water partition coefficient (Wildman–Crippen LogP) is 8.52. The van der Waals surface area contributed by atoms with Crippen LogP contribution in [-0.2, 0) is 0 Å². The molecule has 0 amide bonds. The molecule has 7 aromatic carbocycles. The van der Waals surface area contributed by atoms with Crippen molar-refractivity contribution < 1.29 is 18.9 Å². The van der Waals surface area contributed by atoms with Crippen molar-refractivity contribution >= 4 is 32.7 Å². The lowest BCUT2D eigenvalue weighted by Crippen LogP contribution is -2.33. The first-order chi connectivity index (χ1) is 23.6. The molecule has 4 heteroatoms. The Morgan fingerprint density at radius 3 is 0.750 bits per heavy atom. The smallest absolute Gasteiger partial charge is 0.118 e. The Labute approximate surface area is 280 Å². The molecule has 7 rings (SSSR count). The Morgan fingerprint density at radius 2 is 0.521 bits per heavy atom. The van der Waals surface area contributed by atoms with Crippen molar-refractivity contribution in [3.8, 4) is 23.0 Å². The summed E-state index contributed by atoms with van der Waals surface area (Å²) in [5.41, 5.74) is 6.52. The molecule has 0 spiro atoms. The van der Waals surface area contributed by atoms with Gasteiger partial charge >= 0.3 is 0 Å². The molecule has 0 unspecified atom stereocenters. The Kier molecular flexibility index (Phi) is 8.55. The first-order valence-corrected chi connectivity index (χ1v) is 15.9. The molecule has 0 bridgehead atoms. The molecule has 0 aliphatic rings. The van der Waals surface area contributed by atoms with Crippen molar-refractivity contribution in [1.82, 2.24) is 0 Å². The fourth-order valence-corrected chi connectivity index (χ4v) is 6.60. The van der Waals surface area contributed by atoms with E-state index in [1.807, 2.05) is 48.5 Å². The van der Waals surface area contributed by atoms with E-state index in [4.69, 9.17) is 18.9 Å². The van der Waals surface area contributed by atoms with Crippen molar-refractivity contribution in [3.63, 3.8) is 0 Å². The molecule has 0 atom stereocenters. The van der Waals surface area contributed by atoms with Crippen LogP contribution in [0.25, 0.3) is 32.7 Å². The maximum atomic E-state index is 5.58. The Bertz CT molecular complexity index is 2070. The Morgan fingerprint density at radius 1 is 0.292 bits per heavy atom. The number of hydrogen-bond donors (Lipinski definition) is 0. The van der Waals surface area contributed by atoms with Crippen molar-refractivity contribution in [2.45, 2.75) is 0 Å². The molecule has 0 saturated carbocycles. The number of methoxy groups -OCH3 is 4. The molecule has 7 aromatic rings. The molecule has 0 radical (unpaired) electrons. The van der Waals surface area contributed by atoms with Crippen molar-refractivity contribution in [2.75, 3.05) is 28.4 Å². The molecular formula is C44H36O4. The van der Waals surface area contributed by atoms with Crippen LogP contribution in [0.5, 0.6) is 23.0 Å². The van der Waals surface area contributed by atoms with Gasteiger partial charge in [-0.15, -0.1) is 0 Å². The first kappa shape index (κ1) is 30.6. The maximum Gasteiger partial charge on any atom is 0.118 e. The summed E-state index contributed by atoms with van der Waals surface area (Å²) >= 11 is 0. The summed E-state index contributed by atoms with van der Waals surface area (Å²) in [7, 11) is 6.79. The molecule has 0 heterocycles. The van der Waals surface area contributed by atoms with Crippen LogP contribution >= 0.6 is 0 Å². The second-order valence-corrected chi connectivity index (χ2v) is 11.5. The van der Waals surface area contributed by atoms with E-state index in [0.29, 0.717) is 0 Å². The van der Waals surface area contributed by atoms with Gasteiger partial charge in [-0.05, 0) is 114 Å². The second kappa shape index (κ2) is 13.4. The van der Waals surface area contributed by atoms with Crippen LogP contribution in [0.15, 0.2) is 146 Å². The monoisotopic (exact) mass is 628 g/mol. The lowest BCUT2D eigenvalue weighted by molar-refractivity contribution is 0.414. The highest BCUT2D eigenvalue weighted by Gasteiger charge is 2.18. The fourth-order valence-electron chi connectivity index (χ4n) is 6.60. The highest BCUT2D eigenvalue weighted by Crippen LogP contribution is 2.30. The minimum Gasteiger partial charge on any atom is -0.497 e. The van der Waals surface area contributed by atoms with E-state index in [2.05, 4.69) is 97.1 Å².